The smallest absolute Gasteiger partial charge is 0.236 e. The van der Waals surface area contributed by atoms with Gasteiger partial charge in [0.25, 0.3) is 0 Å². The number of rotatable bonds is 8. The molecule has 0 spiro atoms. The monoisotopic (exact) mass is 229 g/mol. The van der Waals surface area contributed by atoms with Crippen molar-refractivity contribution < 1.29 is 14.4 Å². The molecular formula is C10H19N3O3. The van der Waals surface area contributed by atoms with Crippen molar-refractivity contribution in [3.8, 4) is 0 Å². The maximum absolute atomic E-state index is 11.1. The van der Waals surface area contributed by atoms with Crippen LogP contribution in [-0.2, 0) is 14.4 Å². The molecule has 0 unspecified atom stereocenters. The van der Waals surface area contributed by atoms with Crippen molar-refractivity contribution in [2.75, 3.05) is 13.1 Å². The molecule has 0 aliphatic carbocycles. The third-order valence-electron chi connectivity index (χ3n) is 1.84. The summed E-state index contributed by atoms with van der Waals surface area (Å²) in [7, 11) is 0. The van der Waals surface area contributed by atoms with E-state index in [0.717, 1.165) is 6.42 Å². The van der Waals surface area contributed by atoms with E-state index in [-0.39, 0.29) is 24.8 Å². The van der Waals surface area contributed by atoms with Gasteiger partial charge >= 0.3 is 0 Å². The van der Waals surface area contributed by atoms with Crippen LogP contribution in [0.15, 0.2) is 0 Å². The third kappa shape index (κ3) is 8.98. The van der Waals surface area contributed by atoms with Crippen molar-refractivity contribution in [3.05, 3.63) is 0 Å². The van der Waals surface area contributed by atoms with E-state index in [1.807, 2.05) is 6.92 Å². The SMILES string of the molecule is CCCNC(=O)CCCC(=O)NCC(N)=O. The molecule has 6 heteroatoms. The van der Waals surface area contributed by atoms with Crippen molar-refractivity contribution >= 4 is 17.7 Å². The lowest BCUT2D eigenvalue weighted by molar-refractivity contribution is -0.125. The van der Waals surface area contributed by atoms with Crippen molar-refractivity contribution in [3.63, 3.8) is 0 Å². The molecule has 0 aromatic carbocycles. The van der Waals surface area contributed by atoms with Crippen molar-refractivity contribution in [2.24, 2.45) is 5.73 Å². The van der Waals surface area contributed by atoms with E-state index < -0.39 is 5.91 Å². The topological polar surface area (TPSA) is 101 Å². The van der Waals surface area contributed by atoms with Gasteiger partial charge in [0.15, 0.2) is 0 Å². The number of carbonyl (C=O) groups is 3. The van der Waals surface area contributed by atoms with Gasteiger partial charge in [-0.25, -0.2) is 0 Å². The van der Waals surface area contributed by atoms with Gasteiger partial charge in [-0.1, -0.05) is 6.92 Å². The molecule has 0 saturated heterocycles. The summed E-state index contributed by atoms with van der Waals surface area (Å²) in [6, 6.07) is 0. The van der Waals surface area contributed by atoms with E-state index in [9.17, 15) is 14.4 Å². The molecule has 6 nitrogen and oxygen atoms in total. The summed E-state index contributed by atoms with van der Waals surface area (Å²) in [6.45, 7) is 2.48. The first-order valence-electron chi connectivity index (χ1n) is 5.38. The van der Waals surface area contributed by atoms with Gasteiger partial charge in [-0.15, -0.1) is 0 Å². The molecule has 0 rings (SSSR count). The molecule has 0 aromatic heterocycles. The molecule has 92 valence electrons. The lowest BCUT2D eigenvalue weighted by Gasteiger charge is -2.04. The minimum absolute atomic E-state index is 0.0513. The highest BCUT2D eigenvalue weighted by molar-refractivity contribution is 5.84. The second-order valence-electron chi connectivity index (χ2n) is 3.45. The first kappa shape index (κ1) is 14.4. The minimum atomic E-state index is -0.575. The molecule has 3 amide bonds. The van der Waals surface area contributed by atoms with Crippen LogP contribution in [0.5, 0.6) is 0 Å². The Morgan fingerprint density at radius 1 is 1.06 bits per heavy atom. The summed E-state index contributed by atoms with van der Waals surface area (Å²) in [5, 5.41) is 5.07. The Hall–Kier alpha value is -1.59. The minimum Gasteiger partial charge on any atom is -0.368 e. The third-order valence-corrected chi connectivity index (χ3v) is 1.84. The number of amides is 3. The number of nitrogens with two attached hydrogens (primary N) is 1. The van der Waals surface area contributed by atoms with E-state index >= 15 is 0 Å². The predicted octanol–water partition coefficient (Wildman–Crippen LogP) is -0.716. The van der Waals surface area contributed by atoms with Gasteiger partial charge in [0.05, 0.1) is 6.54 Å². The van der Waals surface area contributed by atoms with Gasteiger partial charge in [-0.3, -0.25) is 14.4 Å². The first-order valence-corrected chi connectivity index (χ1v) is 5.38. The summed E-state index contributed by atoms with van der Waals surface area (Å²) in [5.41, 5.74) is 4.85. The zero-order valence-corrected chi connectivity index (χ0v) is 9.54. The molecule has 0 saturated carbocycles. The second-order valence-corrected chi connectivity index (χ2v) is 3.45. The van der Waals surface area contributed by atoms with E-state index in [2.05, 4.69) is 10.6 Å². The number of primary amides is 1. The van der Waals surface area contributed by atoms with Crippen molar-refractivity contribution in [1.82, 2.24) is 10.6 Å². The maximum Gasteiger partial charge on any atom is 0.236 e. The zero-order chi connectivity index (χ0) is 12.4. The standard InChI is InChI=1S/C10H19N3O3/c1-2-6-12-9(15)4-3-5-10(16)13-7-8(11)14/h2-7H2,1H3,(H2,11,14)(H,12,15)(H,13,16). The zero-order valence-electron chi connectivity index (χ0n) is 9.54. The van der Waals surface area contributed by atoms with Gasteiger partial charge in [0.1, 0.15) is 0 Å². The first-order chi connectivity index (χ1) is 7.56. The number of carbonyl (C=O) groups excluding carboxylic acids is 3. The van der Waals surface area contributed by atoms with Crippen LogP contribution >= 0.6 is 0 Å². The van der Waals surface area contributed by atoms with Crippen LogP contribution in [0, 0.1) is 0 Å². The van der Waals surface area contributed by atoms with E-state index in [4.69, 9.17) is 5.73 Å². The Kier molecular flexibility index (Phi) is 7.83. The van der Waals surface area contributed by atoms with Crippen molar-refractivity contribution in [1.29, 1.82) is 0 Å². The Bertz CT molecular complexity index is 254. The second kappa shape index (κ2) is 8.70. The van der Waals surface area contributed by atoms with Crippen LogP contribution in [0.3, 0.4) is 0 Å². The fourth-order valence-corrected chi connectivity index (χ4v) is 1.04. The van der Waals surface area contributed by atoms with Gasteiger partial charge in [-0.05, 0) is 12.8 Å². The molecule has 0 bridgehead atoms. The number of hydrogen-bond acceptors (Lipinski definition) is 3. The lowest BCUT2D eigenvalue weighted by Crippen LogP contribution is -2.33. The molecule has 0 radical (unpaired) electrons. The molecule has 0 aliphatic rings. The van der Waals surface area contributed by atoms with Crippen LogP contribution in [0.25, 0.3) is 0 Å². The van der Waals surface area contributed by atoms with E-state index in [1.165, 1.54) is 0 Å². The lowest BCUT2D eigenvalue weighted by atomic mass is 10.2. The Balaban J connectivity index is 3.46. The Labute approximate surface area is 94.9 Å². The summed E-state index contributed by atoms with van der Waals surface area (Å²) in [5.74, 6) is -0.888. The van der Waals surface area contributed by atoms with Gasteiger partial charge < -0.3 is 16.4 Å². The molecule has 0 aromatic rings. The van der Waals surface area contributed by atoms with Gasteiger partial charge in [0, 0.05) is 19.4 Å². The molecule has 0 fully saturated rings. The maximum atomic E-state index is 11.1. The highest BCUT2D eigenvalue weighted by Crippen LogP contribution is 1.95. The molecule has 0 aliphatic heterocycles. The van der Waals surface area contributed by atoms with Crippen LogP contribution in [0.2, 0.25) is 0 Å². The predicted molar refractivity (Wildman–Crippen MR) is 59.4 cm³/mol. The molecular weight excluding hydrogens is 210 g/mol. The van der Waals surface area contributed by atoms with Crippen LogP contribution in [-0.4, -0.2) is 30.8 Å². The summed E-state index contributed by atoms with van der Waals surface area (Å²) in [6.07, 6.45) is 1.92. The van der Waals surface area contributed by atoms with Gasteiger partial charge in [-0.2, -0.15) is 0 Å². The summed E-state index contributed by atoms with van der Waals surface area (Å²) < 4.78 is 0. The average molecular weight is 229 g/mol. The van der Waals surface area contributed by atoms with Crippen LogP contribution in [0.1, 0.15) is 32.6 Å². The Morgan fingerprint density at radius 2 is 1.62 bits per heavy atom. The van der Waals surface area contributed by atoms with Crippen molar-refractivity contribution in [2.45, 2.75) is 32.6 Å². The molecule has 0 heterocycles. The summed E-state index contributed by atoms with van der Waals surface area (Å²) in [4.78, 5) is 32.6. The van der Waals surface area contributed by atoms with E-state index in [0.29, 0.717) is 19.4 Å². The highest BCUT2D eigenvalue weighted by atomic mass is 16.2. The summed E-state index contributed by atoms with van der Waals surface area (Å²) >= 11 is 0. The normalized spacial score (nSPS) is 9.56. The number of hydrogen-bond donors (Lipinski definition) is 3. The molecule has 0 atom stereocenters. The molecule has 4 N–H and O–H groups in total. The fraction of sp³-hybridized carbons (Fsp3) is 0.700. The average Bonchev–Trinajstić information content (AvgIpc) is 2.23. The van der Waals surface area contributed by atoms with Crippen LogP contribution < -0.4 is 16.4 Å². The Morgan fingerprint density at radius 3 is 2.12 bits per heavy atom. The number of nitrogens with one attached hydrogen (secondary N) is 2. The fourth-order valence-electron chi connectivity index (χ4n) is 1.04. The highest BCUT2D eigenvalue weighted by Gasteiger charge is 2.05. The van der Waals surface area contributed by atoms with E-state index in [1.54, 1.807) is 0 Å². The van der Waals surface area contributed by atoms with Gasteiger partial charge in [0.2, 0.25) is 17.7 Å². The largest absolute Gasteiger partial charge is 0.368 e. The molecule has 16 heavy (non-hydrogen) atoms. The van der Waals surface area contributed by atoms with Crippen LogP contribution in [0.4, 0.5) is 0 Å². The quantitative estimate of drug-likeness (QED) is 0.512.